The van der Waals surface area contributed by atoms with Crippen LogP contribution >= 0.6 is 0 Å². The molecule has 1 amide bonds. The lowest BCUT2D eigenvalue weighted by molar-refractivity contribution is 0.0952. The predicted octanol–water partition coefficient (Wildman–Crippen LogP) is -0.0285. The Morgan fingerprint density at radius 2 is 2.10 bits per heavy atom. The molecular formula is C11H15FN2O4S2. The first kappa shape index (κ1) is 16.7. The highest BCUT2D eigenvalue weighted by Crippen LogP contribution is 2.13. The highest BCUT2D eigenvalue weighted by molar-refractivity contribution is 7.89. The lowest BCUT2D eigenvalue weighted by Gasteiger charge is -2.07. The van der Waals surface area contributed by atoms with Gasteiger partial charge in [-0.05, 0) is 18.2 Å². The van der Waals surface area contributed by atoms with E-state index in [1.807, 2.05) is 0 Å². The molecule has 1 rings (SSSR count). The molecular weight excluding hydrogens is 307 g/mol. The summed E-state index contributed by atoms with van der Waals surface area (Å²) in [5.74, 6) is -0.920. The summed E-state index contributed by atoms with van der Waals surface area (Å²) < 4.78 is 47.0. The first-order valence-corrected chi connectivity index (χ1v) is 8.74. The maximum Gasteiger partial charge on any atom is 0.254 e. The van der Waals surface area contributed by atoms with Gasteiger partial charge in [-0.2, -0.15) is 0 Å². The van der Waals surface area contributed by atoms with Gasteiger partial charge in [0.1, 0.15) is 5.82 Å². The normalized spacial score (nSPS) is 12.9. The first-order valence-electron chi connectivity index (χ1n) is 5.71. The Morgan fingerprint density at radius 3 is 2.65 bits per heavy atom. The molecule has 0 aliphatic rings. The van der Waals surface area contributed by atoms with E-state index < -0.39 is 38.1 Å². The van der Waals surface area contributed by atoms with E-state index in [4.69, 9.17) is 5.14 Å². The Hall–Kier alpha value is -1.32. The van der Waals surface area contributed by atoms with E-state index in [2.05, 4.69) is 5.32 Å². The van der Waals surface area contributed by atoms with E-state index in [1.54, 1.807) is 6.92 Å². The smallest absolute Gasteiger partial charge is 0.254 e. The average molecular weight is 322 g/mol. The number of nitrogens with one attached hydrogen (secondary N) is 1. The third kappa shape index (κ3) is 4.66. The van der Waals surface area contributed by atoms with Crippen LogP contribution in [0.3, 0.4) is 0 Å². The fourth-order valence-electron chi connectivity index (χ4n) is 1.37. The summed E-state index contributed by atoms with van der Waals surface area (Å²) in [7, 11) is -5.06. The van der Waals surface area contributed by atoms with Crippen LogP contribution in [0.2, 0.25) is 0 Å². The summed E-state index contributed by atoms with van der Waals surface area (Å²) in [6, 6.07) is 2.71. The number of amides is 1. The quantitative estimate of drug-likeness (QED) is 0.767. The average Bonchev–Trinajstić information content (AvgIpc) is 2.37. The number of carbonyl (C=O) groups is 1. The van der Waals surface area contributed by atoms with Gasteiger partial charge in [-0.25, -0.2) is 17.9 Å². The standard InChI is InChI=1S/C11H15FN2O4S2/c1-2-19(16)6-5-14-11(15)9-7-8(20(13,17)18)3-4-10(9)12/h3-4,7H,2,5-6H2,1H3,(H,14,15)(H2,13,17,18). The van der Waals surface area contributed by atoms with Gasteiger partial charge < -0.3 is 5.32 Å². The molecule has 1 atom stereocenters. The van der Waals surface area contributed by atoms with Crippen molar-refractivity contribution in [3.63, 3.8) is 0 Å². The van der Waals surface area contributed by atoms with Crippen molar-refractivity contribution in [2.45, 2.75) is 11.8 Å². The van der Waals surface area contributed by atoms with Crippen molar-refractivity contribution in [1.82, 2.24) is 5.32 Å². The molecule has 1 unspecified atom stereocenters. The number of hydrogen-bond acceptors (Lipinski definition) is 4. The fourth-order valence-corrected chi connectivity index (χ4v) is 2.53. The van der Waals surface area contributed by atoms with Crippen molar-refractivity contribution in [3.8, 4) is 0 Å². The molecule has 1 aromatic carbocycles. The largest absolute Gasteiger partial charge is 0.351 e. The van der Waals surface area contributed by atoms with E-state index in [0.717, 1.165) is 18.2 Å². The molecule has 0 bridgehead atoms. The zero-order valence-corrected chi connectivity index (χ0v) is 12.4. The highest BCUT2D eigenvalue weighted by Gasteiger charge is 2.16. The minimum atomic E-state index is -4.01. The Balaban J connectivity index is 2.85. The van der Waals surface area contributed by atoms with Gasteiger partial charge in [-0.3, -0.25) is 9.00 Å². The van der Waals surface area contributed by atoms with Crippen molar-refractivity contribution in [3.05, 3.63) is 29.6 Å². The molecule has 0 saturated heterocycles. The van der Waals surface area contributed by atoms with E-state index in [0.29, 0.717) is 5.75 Å². The van der Waals surface area contributed by atoms with E-state index in [-0.39, 0.29) is 17.2 Å². The molecule has 0 radical (unpaired) electrons. The van der Waals surface area contributed by atoms with Crippen LogP contribution in [0.15, 0.2) is 23.1 Å². The number of hydrogen-bond donors (Lipinski definition) is 2. The van der Waals surface area contributed by atoms with Gasteiger partial charge in [0.05, 0.1) is 10.5 Å². The molecule has 0 saturated carbocycles. The van der Waals surface area contributed by atoms with Crippen molar-refractivity contribution in [1.29, 1.82) is 0 Å². The summed E-state index contributed by atoms with van der Waals surface area (Å²) in [6.07, 6.45) is 0. The molecule has 0 spiro atoms. The number of halogens is 1. The number of benzene rings is 1. The SMILES string of the molecule is CCS(=O)CCNC(=O)c1cc(S(N)(=O)=O)ccc1F. The third-order valence-corrected chi connectivity index (χ3v) is 4.66. The molecule has 9 heteroatoms. The second-order valence-electron chi connectivity index (χ2n) is 3.88. The molecule has 0 aliphatic carbocycles. The lowest BCUT2D eigenvalue weighted by Crippen LogP contribution is -2.29. The molecule has 6 nitrogen and oxygen atoms in total. The summed E-state index contributed by atoms with van der Waals surface area (Å²) in [5.41, 5.74) is -0.418. The van der Waals surface area contributed by atoms with Crippen LogP contribution in [0, 0.1) is 5.82 Å². The van der Waals surface area contributed by atoms with Gasteiger partial charge in [0.15, 0.2) is 0 Å². The van der Waals surface area contributed by atoms with Gasteiger partial charge in [-0.15, -0.1) is 0 Å². The molecule has 0 aliphatic heterocycles. The van der Waals surface area contributed by atoms with Crippen LogP contribution in [0.25, 0.3) is 0 Å². The summed E-state index contributed by atoms with van der Waals surface area (Å²) in [4.78, 5) is 11.4. The zero-order valence-electron chi connectivity index (χ0n) is 10.8. The highest BCUT2D eigenvalue weighted by atomic mass is 32.2. The van der Waals surface area contributed by atoms with Crippen LogP contribution in [0.1, 0.15) is 17.3 Å². The molecule has 0 fully saturated rings. The molecule has 0 aromatic heterocycles. The maximum atomic E-state index is 13.5. The van der Waals surface area contributed by atoms with Gasteiger partial charge in [0.25, 0.3) is 5.91 Å². The second kappa shape index (κ2) is 6.91. The number of carbonyl (C=O) groups excluding carboxylic acids is 1. The summed E-state index contributed by atoms with van der Waals surface area (Å²) >= 11 is 0. The Labute approximate surface area is 119 Å². The van der Waals surface area contributed by atoms with Crippen LogP contribution in [-0.2, 0) is 20.8 Å². The molecule has 20 heavy (non-hydrogen) atoms. The van der Waals surface area contributed by atoms with Crippen molar-refractivity contribution >= 4 is 26.7 Å². The van der Waals surface area contributed by atoms with Gasteiger partial charge >= 0.3 is 0 Å². The predicted molar refractivity (Wildman–Crippen MR) is 73.7 cm³/mol. The second-order valence-corrected chi connectivity index (χ2v) is 7.30. The third-order valence-electron chi connectivity index (χ3n) is 2.45. The van der Waals surface area contributed by atoms with Crippen LogP contribution in [-0.4, -0.2) is 36.6 Å². The van der Waals surface area contributed by atoms with Crippen LogP contribution in [0.5, 0.6) is 0 Å². The monoisotopic (exact) mass is 322 g/mol. The maximum absolute atomic E-state index is 13.5. The molecule has 112 valence electrons. The molecule has 0 heterocycles. The Kier molecular flexibility index (Phi) is 5.78. The number of nitrogens with two attached hydrogens (primary N) is 1. The van der Waals surface area contributed by atoms with E-state index in [1.165, 1.54) is 0 Å². The Bertz CT molecular complexity index is 631. The molecule has 1 aromatic rings. The van der Waals surface area contributed by atoms with Crippen molar-refractivity contribution in [2.75, 3.05) is 18.1 Å². The fraction of sp³-hybridized carbons (Fsp3) is 0.364. The first-order chi connectivity index (χ1) is 9.25. The number of sulfonamides is 1. The summed E-state index contributed by atoms with van der Waals surface area (Å²) in [6.45, 7) is 1.85. The van der Waals surface area contributed by atoms with Gasteiger partial charge in [-0.1, -0.05) is 6.92 Å². The van der Waals surface area contributed by atoms with Crippen LogP contribution < -0.4 is 10.5 Å². The molecule has 3 N–H and O–H groups in total. The van der Waals surface area contributed by atoms with Gasteiger partial charge in [0, 0.05) is 28.9 Å². The number of rotatable bonds is 6. The number of primary sulfonamides is 1. The minimum absolute atomic E-state index is 0.109. The van der Waals surface area contributed by atoms with Crippen LogP contribution in [0.4, 0.5) is 4.39 Å². The van der Waals surface area contributed by atoms with Crippen molar-refractivity contribution in [2.24, 2.45) is 5.14 Å². The van der Waals surface area contributed by atoms with Crippen molar-refractivity contribution < 1.29 is 21.8 Å². The van der Waals surface area contributed by atoms with Gasteiger partial charge in [0.2, 0.25) is 10.0 Å². The zero-order chi connectivity index (χ0) is 15.3. The Morgan fingerprint density at radius 1 is 1.45 bits per heavy atom. The minimum Gasteiger partial charge on any atom is -0.351 e. The topological polar surface area (TPSA) is 106 Å². The van der Waals surface area contributed by atoms with E-state index >= 15 is 0 Å². The van der Waals surface area contributed by atoms with E-state index in [9.17, 15) is 21.8 Å². The lowest BCUT2D eigenvalue weighted by atomic mass is 10.2. The summed E-state index contributed by atoms with van der Waals surface area (Å²) in [5, 5.41) is 7.29.